The van der Waals surface area contributed by atoms with E-state index in [0.717, 1.165) is 12.8 Å². The van der Waals surface area contributed by atoms with Crippen molar-refractivity contribution in [3.63, 3.8) is 0 Å². The van der Waals surface area contributed by atoms with Crippen LogP contribution in [-0.4, -0.2) is 8.97 Å². The second-order valence-corrected chi connectivity index (χ2v) is 10.5. The number of hydrogen-bond donors (Lipinski definition) is 0. The number of hydrogen-bond acceptors (Lipinski definition) is 0. The van der Waals surface area contributed by atoms with Crippen LogP contribution < -0.4 is 0 Å². The average Bonchev–Trinajstić information content (AvgIpc) is 3.33. The molecule has 2 aliphatic rings. The smallest absolute Gasteiger partial charge is 0.0699 e. The molecule has 0 saturated carbocycles. The van der Waals surface area contributed by atoms with Gasteiger partial charge in [-0.1, -0.05) is 109 Å². The summed E-state index contributed by atoms with van der Waals surface area (Å²) in [5.41, 5.74) is 7.69. The van der Waals surface area contributed by atoms with Crippen molar-refractivity contribution in [2.45, 2.75) is 18.9 Å². The Morgan fingerprint density at radius 3 is 1.92 bits per heavy atom. The summed E-state index contributed by atoms with van der Waals surface area (Å²) in [6.45, 7) is 0. The van der Waals surface area contributed by atoms with E-state index in [1.807, 2.05) is 0 Å². The third kappa shape index (κ3) is 3.13. The molecule has 8 rings (SSSR count). The van der Waals surface area contributed by atoms with E-state index in [0.29, 0.717) is 5.92 Å². The van der Waals surface area contributed by atoms with Crippen molar-refractivity contribution in [1.29, 1.82) is 0 Å². The zero-order chi connectivity index (χ0) is 25.1. The van der Waals surface area contributed by atoms with Gasteiger partial charge in [-0.3, -0.25) is 0 Å². The minimum absolute atomic E-state index is 0.228. The summed E-state index contributed by atoms with van der Waals surface area (Å²) in [4.78, 5) is 0. The Morgan fingerprint density at radius 1 is 0.553 bits per heavy atom. The van der Waals surface area contributed by atoms with Gasteiger partial charge in [0.25, 0.3) is 0 Å². The lowest BCUT2D eigenvalue weighted by atomic mass is 9.88. The molecule has 0 spiro atoms. The van der Waals surface area contributed by atoms with Crippen LogP contribution in [0.1, 0.15) is 18.9 Å². The molecule has 2 aliphatic carbocycles. The Balaban J connectivity index is 1.50. The van der Waals surface area contributed by atoms with Gasteiger partial charge < -0.3 is 8.97 Å². The van der Waals surface area contributed by atoms with Gasteiger partial charge in [-0.2, -0.15) is 0 Å². The summed E-state index contributed by atoms with van der Waals surface area (Å²) >= 11 is 0. The highest BCUT2D eigenvalue weighted by Gasteiger charge is 2.20. The second kappa shape index (κ2) is 8.49. The van der Waals surface area contributed by atoms with Crippen LogP contribution in [0.15, 0.2) is 139 Å². The van der Waals surface area contributed by atoms with Crippen LogP contribution in [-0.2, 0) is 0 Å². The zero-order valence-electron chi connectivity index (χ0n) is 21.2. The van der Waals surface area contributed by atoms with Gasteiger partial charge in [0, 0.05) is 33.0 Å². The molecule has 0 fully saturated rings. The first-order valence-electron chi connectivity index (χ1n) is 13.6. The molecule has 4 aromatic carbocycles. The predicted molar refractivity (Wildman–Crippen MR) is 161 cm³/mol. The van der Waals surface area contributed by atoms with Crippen molar-refractivity contribution < 1.29 is 0 Å². The van der Waals surface area contributed by atoms with E-state index in [2.05, 4.69) is 142 Å². The molecule has 2 atom stereocenters. The summed E-state index contributed by atoms with van der Waals surface area (Å²) in [5.74, 6) is 0.482. The molecule has 2 nitrogen and oxygen atoms in total. The molecule has 2 heterocycles. The predicted octanol–water partition coefficient (Wildman–Crippen LogP) is 9.48. The average molecular weight is 489 g/mol. The lowest BCUT2D eigenvalue weighted by Gasteiger charge is -2.26. The maximum atomic E-state index is 2.57. The molecule has 0 amide bonds. The van der Waals surface area contributed by atoms with E-state index in [9.17, 15) is 0 Å². The molecule has 2 aromatic heterocycles. The fourth-order valence-electron chi connectivity index (χ4n) is 6.66. The van der Waals surface area contributed by atoms with Gasteiger partial charge in [0.1, 0.15) is 0 Å². The molecule has 0 saturated heterocycles. The van der Waals surface area contributed by atoms with E-state index in [1.165, 1.54) is 54.7 Å². The highest BCUT2D eigenvalue weighted by atomic mass is 15.0. The largest absolute Gasteiger partial charge is 0.332 e. The van der Waals surface area contributed by atoms with E-state index >= 15 is 0 Å². The monoisotopic (exact) mass is 488 g/mol. The summed E-state index contributed by atoms with van der Waals surface area (Å²) in [6, 6.07) is 33.7. The molecular weight excluding hydrogens is 460 g/mol. The van der Waals surface area contributed by atoms with Crippen molar-refractivity contribution in [3.8, 4) is 0 Å². The second-order valence-electron chi connectivity index (χ2n) is 10.5. The summed E-state index contributed by atoms with van der Waals surface area (Å²) in [7, 11) is 0. The van der Waals surface area contributed by atoms with Crippen LogP contribution in [0.5, 0.6) is 0 Å². The van der Waals surface area contributed by atoms with Gasteiger partial charge in [-0.05, 0) is 42.7 Å². The van der Waals surface area contributed by atoms with Gasteiger partial charge in [0.2, 0.25) is 0 Å². The SMILES string of the molecule is C1=CCC(C2=CCC(n3c4ccccc4c4cccc5c6ccccc6n(c6ccccc63)c45)C=C2)C=C1. The van der Waals surface area contributed by atoms with Crippen LogP contribution in [0.2, 0.25) is 0 Å². The Hall–Kier alpha value is -4.56. The van der Waals surface area contributed by atoms with Crippen molar-refractivity contribution in [2.75, 3.05) is 0 Å². The van der Waals surface area contributed by atoms with Crippen molar-refractivity contribution in [3.05, 3.63) is 139 Å². The fourth-order valence-corrected chi connectivity index (χ4v) is 6.66. The zero-order valence-corrected chi connectivity index (χ0v) is 21.2. The topological polar surface area (TPSA) is 9.34 Å². The molecule has 0 radical (unpaired) electrons. The van der Waals surface area contributed by atoms with Crippen LogP contribution in [0, 0.1) is 5.92 Å². The Morgan fingerprint density at radius 2 is 1.21 bits per heavy atom. The third-order valence-electron chi connectivity index (χ3n) is 8.38. The van der Waals surface area contributed by atoms with Gasteiger partial charge >= 0.3 is 0 Å². The molecule has 38 heavy (non-hydrogen) atoms. The van der Waals surface area contributed by atoms with Crippen molar-refractivity contribution in [2.24, 2.45) is 5.92 Å². The Bertz CT molecular complexity index is 2040. The van der Waals surface area contributed by atoms with Crippen LogP contribution in [0.3, 0.4) is 0 Å². The Labute approximate surface area is 221 Å². The molecule has 0 aliphatic heterocycles. The number of rotatable bonds is 2. The quantitative estimate of drug-likeness (QED) is 0.230. The number of benzene rings is 4. The van der Waals surface area contributed by atoms with Crippen molar-refractivity contribution >= 4 is 49.1 Å². The number of fused-ring (bicyclic) bond motifs is 7. The molecule has 0 bridgehead atoms. The molecule has 182 valence electrons. The van der Waals surface area contributed by atoms with Crippen LogP contribution in [0.25, 0.3) is 49.1 Å². The standard InChI is InChI=1S/C36H28N2/c1-2-11-25(12-3-1)26-21-23-27(24-22-26)37-32-17-6-4-13-28(32)30-15-10-16-31-29-14-5-7-18-33(29)38(36(30)31)35-20-9-8-19-34(35)37/h1-11,13-23,25,27H,12,24H2. The third-order valence-corrected chi connectivity index (χ3v) is 8.38. The normalized spacial score (nSPS) is 19.2. The molecule has 2 heteroatoms. The first-order chi connectivity index (χ1) is 18.9. The Kier molecular flexibility index (Phi) is 4.81. The number of nitrogens with zero attached hydrogens (tertiary/aromatic N) is 2. The van der Waals surface area contributed by atoms with Crippen LogP contribution in [0.4, 0.5) is 0 Å². The molecule has 2 unspecified atom stereocenters. The highest BCUT2D eigenvalue weighted by Crippen LogP contribution is 2.38. The molecular formula is C36H28N2. The highest BCUT2D eigenvalue weighted by molar-refractivity contribution is 6.20. The number of aromatic nitrogens is 2. The maximum absolute atomic E-state index is 2.57. The minimum Gasteiger partial charge on any atom is -0.332 e. The molecule has 6 aromatic rings. The van der Waals surface area contributed by atoms with E-state index in [-0.39, 0.29) is 6.04 Å². The summed E-state index contributed by atoms with van der Waals surface area (Å²) in [6.07, 6.45) is 18.2. The van der Waals surface area contributed by atoms with E-state index in [4.69, 9.17) is 0 Å². The summed E-state index contributed by atoms with van der Waals surface area (Å²) < 4.78 is 5.06. The van der Waals surface area contributed by atoms with Gasteiger partial charge in [0.15, 0.2) is 0 Å². The van der Waals surface area contributed by atoms with Crippen LogP contribution >= 0.6 is 0 Å². The van der Waals surface area contributed by atoms with Crippen molar-refractivity contribution in [1.82, 2.24) is 8.97 Å². The van der Waals surface area contributed by atoms with E-state index in [1.54, 1.807) is 0 Å². The number of allylic oxidation sites excluding steroid dienone is 8. The lowest BCUT2D eigenvalue weighted by molar-refractivity contribution is 0.631. The molecule has 0 N–H and O–H groups in total. The minimum atomic E-state index is 0.228. The number of para-hydroxylation sites is 5. The fraction of sp³-hybridized carbons (Fsp3) is 0.111. The summed E-state index contributed by atoms with van der Waals surface area (Å²) in [5, 5.41) is 5.16. The van der Waals surface area contributed by atoms with Gasteiger partial charge in [0.05, 0.1) is 28.1 Å². The first kappa shape index (κ1) is 21.5. The maximum Gasteiger partial charge on any atom is 0.0699 e. The van der Waals surface area contributed by atoms with Gasteiger partial charge in [-0.25, -0.2) is 0 Å². The lowest BCUT2D eigenvalue weighted by Crippen LogP contribution is -2.13. The van der Waals surface area contributed by atoms with Gasteiger partial charge in [-0.15, -0.1) is 0 Å². The first-order valence-corrected chi connectivity index (χ1v) is 13.6. The van der Waals surface area contributed by atoms with E-state index < -0.39 is 0 Å².